The molecule has 0 saturated carbocycles. The second-order valence-electron chi connectivity index (χ2n) is 5.42. The number of rotatable bonds is 7. The topological polar surface area (TPSA) is 44.2 Å². The Morgan fingerprint density at radius 1 is 0.870 bits per heavy atom. The third-order valence-corrected chi connectivity index (χ3v) is 3.54. The van der Waals surface area contributed by atoms with Crippen LogP contribution in [0.5, 0.6) is 11.6 Å². The molecule has 4 heteroatoms. The molecule has 3 aromatic rings. The predicted molar refractivity (Wildman–Crippen MR) is 90.9 cm³/mol. The van der Waals surface area contributed by atoms with Gasteiger partial charge in [0.25, 0.3) is 0 Å². The van der Waals surface area contributed by atoms with Gasteiger partial charge in [-0.25, -0.2) is 9.97 Å². The number of fused-ring (bicyclic) bond motifs is 1. The zero-order valence-electron chi connectivity index (χ0n) is 13.2. The van der Waals surface area contributed by atoms with Gasteiger partial charge in [-0.15, -0.1) is 0 Å². The maximum Gasteiger partial charge on any atom is 0.224 e. The molecule has 118 valence electrons. The average molecular weight is 308 g/mol. The monoisotopic (exact) mass is 308 g/mol. The highest BCUT2D eigenvalue weighted by Crippen LogP contribution is 2.20. The third-order valence-electron chi connectivity index (χ3n) is 3.54. The number of aromatic nitrogens is 2. The zero-order valence-corrected chi connectivity index (χ0v) is 13.2. The van der Waals surface area contributed by atoms with Gasteiger partial charge >= 0.3 is 0 Å². The van der Waals surface area contributed by atoms with Gasteiger partial charge in [0, 0.05) is 0 Å². The fourth-order valence-electron chi connectivity index (χ4n) is 2.36. The van der Waals surface area contributed by atoms with Crippen LogP contribution in [-0.4, -0.2) is 23.2 Å². The predicted octanol–water partition coefficient (Wildman–Crippen LogP) is 4.18. The minimum absolute atomic E-state index is 0.623. The van der Waals surface area contributed by atoms with E-state index in [0.717, 1.165) is 29.5 Å². The number of hydrogen-bond donors (Lipinski definition) is 0. The lowest BCUT2D eigenvalue weighted by Gasteiger charge is -2.09. The summed E-state index contributed by atoms with van der Waals surface area (Å²) in [6.45, 7) is 3.38. The van der Waals surface area contributed by atoms with E-state index in [9.17, 15) is 0 Å². The molecule has 0 atom stereocenters. The molecule has 1 aromatic heterocycles. The molecule has 0 spiro atoms. The van der Waals surface area contributed by atoms with E-state index in [-0.39, 0.29) is 0 Å². The Kier molecular flexibility index (Phi) is 5.04. The van der Waals surface area contributed by atoms with E-state index < -0.39 is 0 Å². The first-order valence-electron chi connectivity index (χ1n) is 7.85. The molecule has 0 unspecified atom stereocenters. The number of aryl methyl sites for hydroxylation is 1. The van der Waals surface area contributed by atoms with Gasteiger partial charge in [0.15, 0.2) is 0 Å². The van der Waals surface area contributed by atoms with Crippen molar-refractivity contribution in [1.82, 2.24) is 9.97 Å². The quantitative estimate of drug-likeness (QED) is 0.614. The van der Waals surface area contributed by atoms with E-state index >= 15 is 0 Å². The van der Waals surface area contributed by atoms with Gasteiger partial charge in [-0.3, -0.25) is 0 Å². The molecule has 0 aliphatic rings. The molecule has 0 amide bonds. The van der Waals surface area contributed by atoms with Crippen molar-refractivity contribution in [3.05, 3.63) is 60.4 Å². The van der Waals surface area contributed by atoms with Gasteiger partial charge in [0.05, 0.1) is 24.1 Å². The summed E-state index contributed by atoms with van der Waals surface area (Å²) in [6.07, 6.45) is 3.40. The molecule has 0 bridgehead atoms. The van der Waals surface area contributed by atoms with Crippen LogP contribution in [-0.2, 0) is 0 Å². The molecule has 0 fully saturated rings. The lowest BCUT2D eigenvalue weighted by Crippen LogP contribution is -2.04. The van der Waals surface area contributed by atoms with Gasteiger partial charge in [-0.1, -0.05) is 24.3 Å². The van der Waals surface area contributed by atoms with E-state index in [1.54, 1.807) is 6.33 Å². The summed E-state index contributed by atoms with van der Waals surface area (Å²) in [5, 5.41) is 0.950. The molecule has 0 saturated heterocycles. The number of benzene rings is 2. The molecular formula is C19H20N2O2. The van der Waals surface area contributed by atoms with E-state index in [1.807, 2.05) is 42.5 Å². The lowest BCUT2D eigenvalue weighted by atomic mass is 10.2. The van der Waals surface area contributed by atoms with Gasteiger partial charge < -0.3 is 9.47 Å². The summed E-state index contributed by atoms with van der Waals surface area (Å²) in [7, 11) is 0. The van der Waals surface area contributed by atoms with Crippen molar-refractivity contribution >= 4 is 10.9 Å². The molecule has 23 heavy (non-hydrogen) atoms. The fourth-order valence-corrected chi connectivity index (χ4v) is 2.36. The zero-order chi connectivity index (χ0) is 15.9. The van der Waals surface area contributed by atoms with Crippen LogP contribution >= 0.6 is 0 Å². The molecule has 0 radical (unpaired) electrons. The Balaban J connectivity index is 1.43. The van der Waals surface area contributed by atoms with E-state index in [4.69, 9.17) is 9.47 Å². The molecule has 2 aromatic carbocycles. The number of unbranched alkanes of at least 4 members (excludes halogenated alkanes) is 1. The summed E-state index contributed by atoms with van der Waals surface area (Å²) in [6, 6.07) is 16.0. The summed E-state index contributed by atoms with van der Waals surface area (Å²) in [5.74, 6) is 1.57. The first-order chi connectivity index (χ1) is 11.3. The number of ether oxygens (including phenoxy) is 2. The van der Waals surface area contributed by atoms with Crippen molar-refractivity contribution in [2.45, 2.75) is 19.8 Å². The first kappa shape index (κ1) is 15.3. The number of hydrogen-bond acceptors (Lipinski definition) is 4. The minimum Gasteiger partial charge on any atom is -0.494 e. The molecule has 0 aliphatic carbocycles. The van der Waals surface area contributed by atoms with Gasteiger partial charge in [0.1, 0.15) is 12.1 Å². The minimum atomic E-state index is 0.623. The molecule has 1 heterocycles. The smallest absolute Gasteiger partial charge is 0.224 e. The lowest BCUT2D eigenvalue weighted by molar-refractivity contribution is 0.263. The van der Waals surface area contributed by atoms with Crippen LogP contribution in [0.25, 0.3) is 10.9 Å². The molecule has 0 N–H and O–H groups in total. The summed E-state index contributed by atoms with van der Waals surface area (Å²) >= 11 is 0. The van der Waals surface area contributed by atoms with Gasteiger partial charge in [0.2, 0.25) is 5.88 Å². The van der Waals surface area contributed by atoms with Crippen molar-refractivity contribution < 1.29 is 9.47 Å². The van der Waals surface area contributed by atoms with Crippen molar-refractivity contribution in [2.24, 2.45) is 0 Å². The van der Waals surface area contributed by atoms with Crippen LogP contribution in [0.4, 0.5) is 0 Å². The SMILES string of the molecule is Cc1cccc(OCCCCOc2ncnc3ccccc23)c1. The second-order valence-corrected chi connectivity index (χ2v) is 5.42. The van der Waals surface area contributed by atoms with Crippen molar-refractivity contribution in [3.8, 4) is 11.6 Å². The third kappa shape index (κ3) is 4.19. The molecular weight excluding hydrogens is 288 g/mol. The van der Waals surface area contributed by atoms with Crippen molar-refractivity contribution in [2.75, 3.05) is 13.2 Å². The van der Waals surface area contributed by atoms with Gasteiger partial charge in [-0.2, -0.15) is 0 Å². The number of para-hydroxylation sites is 1. The van der Waals surface area contributed by atoms with Crippen LogP contribution in [0.15, 0.2) is 54.9 Å². The summed E-state index contributed by atoms with van der Waals surface area (Å²) in [5.41, 5.74) is 2.11. The van der Waals surface area contributed by atoms with Crippen LogP contribution in [0.1, 0.15) is 18.4 Å². The Hall–Kier alpha value is -2.62. The van der Waals surface area contributed by atoms with Crippen molar-refractivity contribution in [1.29, 1.82) is 0 Å². The van der Waals surface area contributed by atoms with Crippen LogP contribution in [0, 0.1) is 6.92 Å². The maximum absolute atomic E-state index is 5.78. The van der Waals surface area contributed by atoms with E-state index in [0.29, 0.717) is 19.1 Å². The highest BCUT2D eigenvalue weighted by molar-refractivity contribution is 5.82. The second kappa shape index (κ2) is 7.58. The Labute approximate surface area is 136 Å². The highest BCUT2D eigenvalue weighted by atomic mass is 16.5. The standard InChI is InChI=1S/C19H20N2O2/c1-15-7-6-8-16(13-15)22-11-4-5-12-23-19-17-9-2-3-10-18(17)20-14-21-19/h2-3,6-10,13-14H,4-5,11-12H2,1H3. The first-order valence-corrected chi connectivity index (χ1v) is 7.85. The van der Waals surface area contributed by atoms with Crippen LogP contribution < -0.4 is 9.47 Å². The van der Waals surface area contributed by atoms with Crippen LogP contribution in [0.2, 0.25) is 0 Å². The molecule has 4 nitrogen and oxygen atoms in total. The largest absolute Gasteiger partial charge is 0.494 e. The number of nitrogens with zero attached hydrogens (tertiary/aromatic N) is 2. The van der Waals surface area contributed by atoms with E-state index in [2.05, 4.69) is 23.0 Å². The fraction of sp³-hybridized carbons (Fsp3) is 0.263. The van der Waals surface area contributed by atoms with Crippen molar-refractivity contribution in [3.63, 3.8) is 0 Å². The maximum atomic E-state index is 5.78. The van der Waals surface area contributed by atoms with Gasteiger partial charge in [-0.05, 0) is 49.6 Å². The molecule has 3 rings (SSSR count). The highest BCUT2D eigenvalue weighted by Gasteiger charge is 2.03. The summed E-state index contributed by atoms with van der Waals surface area (Å²) in [4.78, 5) is 8.45. The molecule has 0 aliphatic heterocycles. The Morgan fingerprint density at radius 2 is 1.70 bits per heavy atom. The summed E-state index contributed by atoms with van der Waals surface area (Å²) < 4.78 is 11.5. The normalized spacial score (nSPS) is 10.7. The Morgan fingerprint density at radius 3 is 2.57 bits per heavy atom. The van der Waals surface area contributed by atoms with E-state index in [1.165, 1.54) is 5.56 Å². The Bertz CT molecular complexity index is 769. The average Bonchev–Trinajstić information content (AvgIpc) is 2.58. The van der Waals surface area contributed by atoms with Crippen LogP contribution in [0.3, 0.4) is 0 Å².